The van der Waals surface area contributed by atoms with Gasteiger partial charge in [-0.05, 0) is 51.2 Å². The SMILES string of the molecule is Cl.Cn1cc(-c2nc(C3CCCCCN3CC3CCCNC3)no2)cn1. The van der Waals surface area contributed by atoms with Gasteiger partial charge in [-0.2, -0.15) is 10.1 Å². The van der Waals surface area contributed by atoms with Crippen molar-refractivity contribution in [2.24, 2.45) is 13.0 Å². The Labute approximate surface area is 160 Å². The van der Waals surface area contributed by atoms with Crippen LogP contribution in [-0.2, 0) is 7.05 Å². The molecule has 0 spiro atoms. The van der Waals surface area contributed by atoms with Gasteiger partial charge in [-0.1, -0.05) is 18.0 Å². The number of nitrogens with one attached hydrogen (secondary N) is 1. The summed E-state index contributed by atoms with van der Waals surface area (Å²) in [6, 6.07) is 0.276. The average Bonchev–Trinajstić information content (AvgIpc) is 3.22. The van der Waals surface area contributed by atoms with Crippen molar-refractivity contribution in [3.8, 4) is 11.5 Å². The standard InChI is InChI=1S/C18H28N6O.ClH/c1-23-13-15(11-20-23)18-21-17(22-25-18)16-7-3-2-4-9-24(16)12-14-6-5-8-19-10-14;/h11,13-14,16,19H,2-10,12H2,1H3;1H. The van der Waals surface area contributed by atoms with Crippen molar-refractivity contribution in [2.45, 2.75) is 44.6 Å². The van der Waals surface area contributed by atoms with Gasteiger partial charge in [0, 0.05) is 19.8 Å². The Balaban J connectivity index is 0.00000196. The van der Waals surface area contributed by atoms with Crippen molar-refractivity contribution < 1.29 is 4.52 Å². The third kappa shape index (κ3) is 4.45. The van der Waals surface area contributed by atoms with Crippen LogP contribution in [0.15, 0.2) is 16.9 Å². The van der Waals surface area contributed by atoms with Crippen LogP contribution in [0.1, 0.15) is 50.4 Å². The smallest absolute Gasteiger partial charge is 0.261 e. The number of likely N-dealkylation sites (tertiary alicyclic amines) is 1. The second kappa shape index (κ2) is 8.97. The summed E-state index contributed by atoms with van der Waals surface area (Å²) in [6.07, 6.45) is 11.2. The fourth-order valence-corrected chi connectivity index (χ4v) is 4.11. The average molecular weight is 381 g/mol. The summed E-state index contributed by atoms with van der Waals surface area (Å²) in [6.45, 7) is 4.57. The first kappa shape index (κ1) is 19.3. The van der Waals surface area contributed by atoms with Crippen molar-refractivity contribution in [2.75, 3.05) is 26.2 Å². The van der Waals surface area contributed by atoms with E-state index in [1.165, 1.54) is 38.6 Å². The first-order chi connectivity index (χ1) is 12.3. The van der Waals surface area contributed by atoms with Crippen LogP contribution in [-0.4, -0.2) is 51.0 Å². The van der Waals surface area contributed by atoms with Crippen molar-refractivity contribution in [3.63, 3.8) is 0 Å². The Bertz CT molecular complexity index is 681. The Morgan fingerprint density at radius 2 is 2.15 bits per heavy atom. The van der Waals surface area contributed by atoms with E-state index < -0.39 is 0 Å². The van der Waals surface area contributed by atoms with Crippen LogP contribution in [0.25, 0.3) is 11.5 Å². The van der Waals surface area contributed by atoms with E-state index in [2.05, 4.69) is 20.5 Å². The number of piperidine rings is 1. The summed E-state index contributed by atoms with van der Waals surface area (Å²) < 4.78 is 7.30. The molecule has 144 valence electrons. The van der Waals surface area contributed by atoms with E-state index in [0.717, 1.165) is 43.4 Å². The van der Waals surface area contributed by atoms with Crippen molar-refractivity contribution in [1.29, 1.82) is 0 Å². The molecule has 2 aromatic rings. The fourth-order valence-electron chi connectivity index (χ4n) is 4.11. The van der Waals surface area contributed by atoms with E-state index in [-0.39, 0.29) is 18.4 Å². The molecule has 2 aliphatic heterocycles. The highest BCUT2D eigenvalue weighted by Crippen LogP contribution is 2.31. The molecule has 2 aromatic heterocycles. The minimum atomic E-state index is 0. The fraction of sp³-hybridized carbons (Fsp3) is 0.722. The molecule has 0 saturated carbocycles. The van der Waals surface area contributed by atoms with E-state index in [1.54, 1.807) is 10.9 Å². The Hall–Kier alpha value is -1.44. The molecule has 2 unspecified atom stereocenters. The number of nitrogens with zero attached hydrogens (tertiary/aromatic N) is 5. The van der Waals surface area contributed by atoms with Crippen LogP contribution >= 0.6 is 12.4 Å². The van der Waals surface area contributed by atoms with E-state index in [9.17, 15) is 0 Å². The van der Waals surface area contributed by atoms with Gasteiger partial charge in [0.05, 0.1) is 17.8 Å². The number of aryl methyl sites for hydroxylation is 1. The normalized spacial score (nSPS) is 24.8. The molecule has 0 bridgehead atoms. The summed E-state index contributed by atoms with van der Waals surface area (Å²) in [4.78, 5) is 7.31. The quantitative estimate of drug-likeness (QED) is 0.879. The zero-order valence-electron chi connectivity index (χ0n) is 15.4. The van der Waals surface area contributed by atoms with Crippen molar-refractivity contribution in [1.82, 2.24) is 30.1 Å². The highest BCUT2D eigenvalue weighted by atomic mass is 35.5. The highest BCUT2D eigenvalue weighted by molar-refractivity contribution is 5.85. The van der Waals surface area contributed by atoms with Crippen LogP contribution in [0.3, 0.4) is 0 Å². The lowest BCUT2D eigenvalue weighted by Crippen LogP contribution is -2.40. The van der Waals surface area contributed by atoms with Gasteiger partial charge in [-0.15, -0.1) is 12.4 Å². The van der Waals surface area contributed by atoms with Gasteiger partial charge in [0.2, 0.25) is 0 Å². The molecule has 4 heterocycles. The van der Waals surface area contributed by atoms with E-state index in [0.29, 0.717) is 5.89 Å². The van der Waals surface area contributed by atoms with Gasteiger partial charge in [0.15, 0.2) is 5.82 Å². The summed E-state index contributed by atoms with van der Waals surface area (Å²) >= 11 is 0. The van der Waals surface area contributed by atoms with E-state index in [4.69, 9.17) is 9.51 Å². The number of aromatic nitrogens is 4. The molecule has 0 aliphatic carbocycles. The predicted molar refractivity (Wildman–Crippen MR) is 102 cm³/mol. The molecular formula is C18H29ClN6O. The van der Waals surface area contributed by atoms with Gasteiger partial charge in [0.25, 0.3) is 5.89 Å². The topological polar surface area (TPSA) is 72.0 Å². The molecular weight excluding hydrogens is 352 g/mol. The number of rotatable bonds is 4. The second-order valence-corrected chi connectivity index (χ2v) is 7.43. The first-order valence-corrected chi connectivity index (χ1v) is 9.57. The predicted octanol–water partition coefficient (Wildman–Crippen LogP) is 2.81. The van der Waals surface area contributed by atoms with Gasteiger partial charge < -0.3 is 9.84 Å². The van der Waals surface area contributed by atoms with Crippen molar-refractivity contribution in [3.05, 3.63) is 18.2 Å². The first-order valence-electron chi connectivity index (χ1n) is 9.57. The number of hydrogen-bond donors (Lipinski definition) is 1. The monoisotopic (exact) mass is 380 g/mol. The molecule has 2 aliphatic rings. The van der Waals surface area contributed by atoms with Crippen LogP contribution < -0.4 is 5.32 Å². The number of hydrogen-bond acceptors (Lipinski definition) is 6. The Morgan fingerprint density at radius 3 is 2.92 bits per heavy atom. The lowest BCUT2D eigenvalue weighted by Gasteiger charge is -2.33. The Kier molecular flexibility index (Phi) is 6.67. The summed E-state index contributed by atoms with van der Waals surface area (Å²) in [5, 5.41) is 12.1. The summed E-state index contributed by atoms with van der Waals surface area (Å²) in [7, 11) is 1.89. The van der Waals surface area contributed by atoms with Gasteiger partial charge in [-0.25, -0.2) is 0 Å². The maximum absolute atomic E-state index is 5.54. The molecule has 0 amide bonds. The van der Waals surface area contributed by atoms with Crippen LogP contribution in [0.4, 0.5) is 0 Å². The van der Waals surface area contributed by atoms with Gasteiger partial charge in [0.1, 0.15) is 0 Å². The maximum Gasteiger partial charge on any atom is 0.261 e. The molecule has 4 rings (SSSR count). The largest absolute Gasteiger partial charge is 0.334 e. The highest BCUT2D eigenvalue weighted by Gasteiger charge is 2.29. The van der Waals surface area contributed by atoms with E-state index in [1.807, 2.05) is 13.2 Å². The van der Waals surface area contributed by atoms with Gasteiger partial charge >= 0.3 is 0 Å². The minimum Gasteiger partial charge on any atom is -0.334 e. The zero-order valence-corrected chi connectivity index (χ0v) is 16.2. The second-order valence-electron chi connectivity index (χ2n) is 7.43. The molecule has 2 atom stereocenters. The summed E-state index contributed by atoms with van der Waals surface area (Å²) in [5.41, 5.74) is 0.887. The third-order valence-electron chi connectivity index (χ3n) is 5.45. The lowest BCUT2D eigenvalue weighted by atomic mass is 9.98. The molecule has 2 fully saturated rings. The van der Waals surface area contributed by atoms with Crippen LogP contribution in [0.2, 0.25) is 0 Å². The number of halogens is 1. The third-order valence-corrected chi connectivity index (χ3v) is 5.45. The molecule has 7 nitrogen and oxygen atoms in total. The minimum absolute atomic E-state index is 0. The zero-order chi connectivity index (χ0) is 17.1. The van der Waals surface area contributed by atoms with Crippen molar-refractivity contribution >= 4 is 12.4 Å². The molecule has 8 heteroatoms. The molecule has 0 radical (unpaired) electrons. The molecule has 26 heavy (non-hydrogen) atoms. The van der Waals surface area contributed by atoms with Crippen LogP contribution in [0, 0.1) is 5.92 Å². The van der Waals surface area contributed by atoms with E-state index >= 15 is 0 Å². The van der Waals surface area contributed by atoms with Crippen LogP contribution in [0.5, 0.6) is 0 Å². The van der Waals surface area contributed by atoms with Gasteiger partial charge in [-0.3, -0.25) is 9.58 Å². The molecule has 2 saturated heterocycles. The molecule has 0 aromatic carbocycles. The maximum atomic E-state index is 5.54. The molecule has 1 N–H and O–H groups in total. The summed E-state index contributed by atoms with van der Waals surface area (Å²) in [5.74, 6) is 2.15. The Morgan fingerprint density at radius 1 is 1.23 bits per heavy atom. The lowest BCUT2D eigenvalue weighted by molar-refractivity contribution is 0.148.